The summed E-state index contributed by atoms with van der Waals surface area (Å²) >= 11 is 1.86. The van der Waals surface area contributed by atoms with Crippen LogP contribution in [0.2, 0.25) is 0 Å². The van der Waals surface area contributed by atoms with E-state index in [4.69, 9.17) is 0 Å². The van der Waals surface area contributed by atoms with Crippen LogP contribution in [0.25, 0.3) is 0 Å². The van der Waals surface area contributed by atoms with E-state index < -0.39 is 0 Å². The van der Waals surface area contributed by atoms with Crippen LogP contribution in [0.3, 0.4) is 0 Å². The zero-order valence-electron chi connectivity index (χ0n) is 11.0. The lowest BCUT2D eigenvalue weighted by atomic mass is 9.94. The van der Waals surface area contributed by atoms with Gasteiger partial charge in [0.15, 0.2) is 0 Å². The number of nitrogens with one attached hydrogen (secondary N) is 2. The summed E-state index contributed by atoms with van der Waals surface area (Å²) in [4.78, 5) is 14.4. The minimum Gasteiger partial charge on any atom is -0.337 e. The van der Waals surface area contributed by atoms with Crippen molar-refractivity contribution in [3.05, 3.63) is 21.9 Å². The van der Waals surface area contributed by atoms with E-state index in [1.165, 1.54) is 29.7 Å². The van der Waals surface area contributed by atoms with Crippen molar-refractivity contribution >= 4 is 17.4 Å². The average Bonchev–Trinajstić information content (AvgIpc) is 2.83. The van der Waals surface area contributed by atoms with E-state index in [9.17, 15) is 4.79 Å². The van der Waals surface area contributed by atoms with Crippen molar-refractivity contribution in [3.63, 3.8) is 0 Å². The van der Waals surface area contributed by atoms with E-state index >= 15 is 0 Å². The summed E-state index contributed by atoms with van der Waals surface area (Å²) in [5.41, 5.74) is 1.46. The van der Waals surface area contributed by atoms with Crippen molar-refractivity contribution < 1.29 is 4.79 Å². The second-order valence-electron chi connectivity index (χ2n) is 4.82. The highest BCUT2D eigenvalue weighted by molar-refractivity contribution is 7.10. The fourth-order valence-electron chi connectivity index (χ4n) is 2.27. The quantitative estimate of drug-likeness (QED) is 0.819. The Balaban J connectivity index is 1.74. The van der Waals surface area contributed by atoms with Crippen LogP contribution < -0.4 is 10.6 Å². The maximum Gasteiger partial charge on any atom is 0.316 e. The summed E-state index contributed by atoms with van der Waals surface area (Å²) in [7, 11) is 3.50. The molecule has 18 heavy (non-hydrogen) atoms. The van der Waals surface area contributed by atoms with Crippen LogP contribution in [0, 0.1) is 0 Å². The third-order valence-electron chi connectivity index (χ3n) is 3.25. The zero-order chi connectivity index (χ0) is 13.0. The van der Waals surface area contributed by atoms with Gasteiger partial charge in [0.25, 0.3) is 0 Å². The molecule has 0 bridgehead atoms. The van der Waals surface area contributed by atoms with Gasteiger partial charge in [0.05, 0.1) is 0 Å². The Bertz CT molecular complexity index is 403. The number of carbonyl (C=O) groups excluding carboxylic acids is 1. The van der Waals surface area contributed by atoms with E-state index in [0.717, 1.165) is 6.54 Å². The SMILES string of the molecule is CN(C)C(=O)NCCNC1CCCc2sccc21. The fourth-order valence-corrected chi connectivity index (χ4v) is 3.26. The van der Waals surface area contributed by atoms with Crippen molar-refractivity contribution in [2.45, 2.75) is 25.3 Å². The summed E-state index contributed by atoms with van der Waals surface area (Å²) in [6.07, 6.45) is 3.68. The monoisotopic (exact) mass is 267 g/mol. The first kappa shape index (κ1) is 13.4. The van der Waals surface area contributed by atoms with Crippen LogP contribution in [0.1, 0.15) is 29.3 Å². The number of carbonyl (C=O) groups is 1. The normalized spacial score (nSPS) is 18.2. The van der Waals surface area contributed by atoms with Crippen molar-refractivity contribution in [1.29, 1.82) is 0 Å². The second-order valence-corrected chi connectivity index (χ2v) is 5.83. The summed E-state index contributed by atoms with van der Waals surface area (Å²) in [5, 5.41) is 8.58. The van der Waals surface area contributed by atoms with E-state index in [2.05, 4.69) is 22.1 Å². The molecule has 4 nitrogen and oxygen atoms in total. The van der Waals surface area contributed by atoms with Gasteiger partial charge in [-0.2, -0.15) is 0 Å². The van der Waals surface area contributed by atoms with Gasteiger partial charge >= 0.3 is 6.03 Å². The highest BCUT2D eigenvalue weighted by atomic mass is 32.1. The number of nitrogens with zero attached hydrogens (tertiary/aromatic N) is 1. The maximum atomic E-state index is 11.3. The molecule has 1 aliphatic carbocycles. The van der Waals surface area contributed by atoms with E-state index in [-0.39, 0.29) is 6.03 Å². The van der Waals surface area contributed by atoms with E-state index in [0.29, 0.717) is 12.6 Å². The van der Waals surface area contributed by atoms with Crippen LogP contribution in [-0.4, -0.2) is 38.1 Å². The molecule has 1 aliphatic rings. The van der Waals surface area contributed by atoms with Gasteiger partial charge in [-0.3, -0.25) is 0 Å². The first-order valence-corrected chi connectivity index (χ1v) is 7.31. The summed E-state index contributed by atoms with van der Waals surface area (Å²) in [5.74, 6) is 0. The van der Waals surface area contributed by atoms with Gasteiger partial charge in [0, 0.05) is 38.1 Å². The number of hydrogen-bond donors (Lipinski definition) is 2. The summed E-state index contributed by atoms with van der Waals surface area (Å²) in [6, 6.07) is 2.67. The third kappa shape index (κ3) is 3.23. The molecule has 2 rings (SSSR count). The highest BCUT2D eigenvalue weighted by Crippen LogP contribution is 2.32. The minimum absolute atomic E-state index is 0.0309. The van der Waals surface area contributed by atoms with Gasteiger partial charge in [-0.05, 0) is 36.3 Å². The zero-order valence-corrected chi connectivity index (χ0v) is 11.8. The number of aryl methyl sites for hydroxylation is 1. The first-order valence-electron chi connectivity index (χ1n) is 6.43. The van der Waals surface area contributed by atoms with Crippen molar-refractivity contribution in [2.75, 3.05) is 27.2 Å². The number of rotatable bonds is 4. The Morgan fingerprint density at radius 1 is 1.50 bits per heavy atom. The molecular weight excluding hydrogens is 246 g/mol. The van der Waals surface area contributed by atoms with Gasteiger partial charge in [0.2, 0.25) is 0 Å². The van der Waals surface area contributed by atoms with Gasteiger partial charge < -0.3 is 15.5 Å². The Labute approximate surface area is 112 Å². The molecule has 1 aromatic heterocycles. The van der Waals surface area contributed by atoms with Gasteiger partial charge in [0.1, 0.15) is 0 Å². The fraction of sp³-hybridized carbons (Fsp3) is 0.615. The smallest absolute Gasteiger partial charge is 0.316 e. The number of fused-ring (bicyclic) bond motifs is 1. The van der Waals surface area contributed by atoms with E-state index in [1.54, 1.807) is 19.0 Å². The van der Waals surface area contributed by atoms with Crippen molar-refractivity contribution in [3.8, 4) is 0 Å². The van der Waals surface area contributed by atoms with Crippen LogP contribution in [0.15, 0.2) is 11.4 Å². The number of amides is 2. The van der Waals surface area contributed by atoms with Gasteiger partial charge in [-0.15, -0.1) is 11.3 Å². The van der Waals surface area contributed by atoms with Gasteiger partial charge in [-0.25, -0.2) is 4.79 Å². The Morgan fingerprint density at radius 2 is 2.33 bits per heavy atom. The molecule has 0 aliphatic heterocycles. The summed E-state index contributed by atoms with van der Waals surface area (Å²) < 4.78 is 0. The largest absolute Gasteiger partial charge is 0.337 e. The van der Waals surface area contributed by atoms with E-state index in [1.807, 2.05) is 11.3 Å². The summed E-state index contributed by atoms with van der Waals surface area (Å²) in [6.45, 7) is 1.49. The highest BCUT2D eigenvalue weighted by Gasteiger charge is 2.20. The molecule has 0 saturated carbocycles. The maximum absolute atomic E-state index is 11.3. The Morgan fingerprint density at radius 3 is 3.11 bits per heavy atom. The molecule has 0 fully saturated rings. The molecule has 5 heteroatoms. The van der Waals surface area contributed by atoms with Crippen LogP contribution in [-0.2, 0) is 6.42 Å². The minimum atomic E-state index is -0.0309. The predicted octanol–water partition coefficient (Wildman–Crippen LogP) is 1.99. The lowest BCUT2D eigenvalue weighted by Crippen LogP contribution is -2.39. The van der Waals surface area contributed by atoms with Crippen molar-refractivity contribution in [1.82, 2.24) is 15.5 Å². The molecule has 2 amide bonds. The Hall–Kier alpha value is -1.07. The molecule has 2 N–H and O–H groups in total. The molecule has 0 aromatic carbocycles. The molecule has 0 saturated heterocycles. The first-order chi connectivity index (χ1) is 8.68. The average molecular weight is 267 g/mol. The number of thiophene rings is 1. The molecule has 1 unspecified atom stereocenters. The third-order valence-corrected chi connectivity index (χ3v) is 4.25. The molecule has 1 atom stereocenters. The van der Waals surface area contributed by atoms with Crippen molar-refractivity contribution in [2.24, 2.45) is 0 Å². The molecule has 0 radical (unpaired) electrons. The number of urea groups is 1. The molecule has 0 spiro atoms. The lowest BCUT2D eigenvalue weighted by Gasteiger charge is -2.24. The Kier molecular flexibility index (Phi) is 4.60. The second kappa shape index (κ2) is 6.20. The molecule has 1 aromatic rings. The standard InChI is InChI=1S/C13H21N3OS/c1-16(2)13(17)15-8-7-14-11-4-3-5-12-10(11)6-9-18-12/h6,9,11,14H,3-5,7-8H2,1-2H3,(H,15,17). The van der Waals surface area contributed by atoms with Gasteiger partial charge in [-0.1, -0.05) is 0 Å². The predicted molar refractivity (Wildman–Crippen MR) is 75.1 cm³/mol. The topological polar surface area (TPSA) is 44.4 Å². The van der Waals surface area contributed by atoms with Crippen LogP contribution in [0.4, 0.5) is 4.79 Å². The number of hydrogen-bond acceptors (Lipinski definition) is 3. The molecule has 100 valence electrons. The lowest BCUT2D eigenvalue weighted by molar-refractivity contribution is 0.217. The van der Waals surface area contributed by atoms with Crippen LogP contribution in [0.5, 0.6) is 0 Å². The molecule has 1 heterocycles. The van der Waals surface area contributed by atoms with Crippen LogP contribution >= 0.6 is 11.3 Å². The molecular formula is C13H21N3OS.